The summed E-state index contributed by atoms with van der Waals surface area (Å²) in [6.07, 6.45) is 7.38. The number of nitrogens with one attached hydrogen (secondary N) is 2. The van der Waals surface area contributed by atoms with Crippen molar-refractivity contribution in [2.24, 2.45) is 0 Å². The van der Waals surface area contributed by atoms with Gasteiger partial charge in [0.15, 0.2) is 0 Å². The Morgan fingerprint density at radius 1 is 1.12 bits per heavy atom. The van der Waals surface area contributed by atoms with Gasteiger partial charge in [-0.1, -0.05) is 0 Å². The Hall–Kier alpha value is -2.80. The van der Waals surface area contributed by atoms with Crippen molar-refractivity contribution in [3.05, 3.63) is 66.7 Å². The van der Waals surface area contributed by atoms with Gasteiger partial charge in [-0.2, -0.15) is 0 Å². The highest BCUT2D eigenvalue weighted by Gasteiger charge is 2.05. The van der Waals surface area contributed by atoms with Gasteiger partial charge in [-0.05, 0) is 42.7 Å². The molecule has 0 fully saturated rings. The van der Waals surface area contributed by atoms with E-state index in [0.29, 0.717) is 18.7 Å². The molecule has 0 aliphatic rings. The van der Waals surface area contributed by atoms with E-state index in [1.54, 1.807) is 11.8 Å². The second-order valence-corrected chi connectivity index (χ2v) is 6.14. The van der Waals surface area contributed by atoms with Crippen molar-refractivity contribution in [3.63, 3.8) is 0 Å². The predicted molar refractivity (Wildman–Crippen MR) is 100 cm³/mol. The highest BCUT2D eigenvalue weighted by atomic mass is 32.2. The lowest BCUT2D eigenvalue weighted by Crippen LogP contribution is -2.28. The van der Waals surface area contributed by atoms with Crippen molar-refractivity contribution in [3.8, 4) is 5.82 Å². The van der Waals surface area contributed by atoms with Crippen molar-refractivity contribution in [1.82, 2.24) is 19.9 Å². The molecule has 0 radical (unpaired) electrons. The Morgan fingerprint density at radius 3 is 2.60 bits per heavy atom. The Labute approximate surface area is 150 Å². The minimum atomic E-state index is -0.0785. The van der Waals surface area contributed by atoms with Crippen LogP contribution in [-0.4, -0.2) is 39.8 Å². The topological polar surface area (TPSA) is 71.8 Å². The van der Waals surface area contributed by atoms with Crippen molar-refractivity contribution >= 4 is 23.5 Å². The second kappa shape index (κ2) is 8.34. The van der Waals surface area contributed by atoms with Gasteiger partial charge in [0.2, 0.25) is 0 Å². The molecule has 6 nitrogen and oxygen atoms in total. The minimum absolute atomic E-state index is 0.0785. The monoisotopic (exact) mass is 353 g/mol. The molecule has 2 heterocycles. The van der Waals surface area contributed by atoms with E-state index in [1.807, 2.05) is 65.7 Å². The fraction of sp³-hybridized carbons (Fsp3) is 0.167. The van der Waals surface area contributed by atoms with Crippen molar-refractivity contribution in [1.29, 1.82) is 0 Å². The summed E-state index contributed by atoms with van der Waals surface area (Å²) in [5.41, 5.74) is 0.662. The number of aromatic nitrogens is 3. The molecule has 1 amide bonds. The summed E-state index contributed by atoms with van der Waals surface area (Å²) in [5, 5.41) is 6.08. The summed E-state index contributed by atoms with van der Waals surface area (Å²) in [5.74, 6) is 1.43. The molecule has 1 aromatic carbocycles. The van der Waals surface area contributed by atoms with Crippen LogP contribution in [0.15, 0.2) is 66.1 Å². The maximum atomic E-state index is 12.1. The maximum absolute atomic E-state index is 12.1. The first kappa shape index (κ1) is 17.0. The van der Waals surface area contributed by atoms with Crippen LogP contribution < -0.4 is 10.6 Å². The molecule has 0 aliphatic heterocycles. The van der Waals surface area contributed by atoms with Crippen LogP contribution in [0.4, 0.5) is 5.82 Å². The van der Waals surface area contributed by atoms with E-state index in [1.165, 1.54) is 6.33 Å². The van der Waals surface area contributed by atoms with Crippen LogP contribution >= 0.6 is 11.8 Å². The van der Waals surface area contributed by atoms with E-state index < -0.39 is 0 Å². The van der Waals surface area contributed by atoms with Crippen molar-refractivity contribution < 1.29 is 4.79 Å². The van der Waals surface area contributed by atoms with Crippen LogP contribution in [0.3, 0.4) is 0 Å². The van der Waals surface area contributed by atoms with Crippen LogP contribution in [0.1, 0.15) is 10.4 Å². The van der Waals surface area contributed by atoms with Crippen LogP contribution in [0.5, 0.6) is 0 Å². The van der Waals surface area contributed by atoms with E-state index in [4.69, 9.17) is 0 Å². The smallest absolute Gasteiger partial charge is 0.251 e. The van der Waals surface area contributed by atoms with Gasteiger partial charge in [0.05, 0.1) is 0 Å². The third-order valence-electron chi connectivity index (χ3n) is 3.59. The molecular formula is C18H19N5OS. The van der Waals surface area contributed by atoms with Gasteiger partial charge >= 0.3 is 0 Å². The first-order valence-electron chi connectivity index (χ1n) is 7.88. The van der Waals surface area contributed by atoms with Gasteiger partial charge in [-0.15, -0.1) is 11.8 Å². The molecular weight excluding hydrogens is 334 g/mol. The molecule has 7 heteroatoms. The molecule has 3 rings (SSSR count). The molecule has 2 aromatic heterocycles. The average molecular weight is 353 g/mol. The van der Waals surface area contributed by atoms with Gasteiger partial charge in [-0.25, -0.2) is 9.97 Å². The highest BCUT2D eigenvalue weighted by Crippen LogP contribution is 2.14. The Balaban J connectivity index is 1.48. The predicted octanol–water partition coefficient (Wildman–Crippen LogP) is 2.83. The molecule has 0 saturated heterocycles. The van der Waals surface area contributed by atoms with Gasteiger partial charge < -0.3 is 15.2 Å². The number of rotatable bonds is 7. The number of thioether (sulfide) groups is 1. The first-order chi connectivity index (χ1) is 12.3. The second-order valence-electron chi connectivity index (χ2n) is 5.26. The summed E-state index contributed by atoms with van der Waals surface area (Å²) in [7, 11) is 0. The summed E-state index contributed by atoms with van der Waals surface area (Å²) in [6, 6.07) is 13.3. The van der Waals surface area contributed by atoms with E-state index in [9.17, 15) is 4.79 Å². The van der Waals surface area contributed by atoms with Crippen LogP contribution in [0.25, 0.3) is 5.82 Å². The largest absolute Gasteiger partial charge is 0.368 e. The summed E-state index contributed by atoms with van der Waals surface area (Å²) < 4.78 is 1.91. The molecule has 0 bridgehead atoms. The summed E-state index contributed by atoms with van der Waals surface area (Å²) in [6.45, 7) is 1.09. The Bertz CT molecular complexity index is 818. The van der Waals surface area contributed by atoms with E-state index in [-0.39, 0.29) is 5.91 Å². The van der Waals surface area contributed by atoms with E-state index >= 15 is 0 Å². The zero-order valence-electron chi connectivity index (χ0n) is 13.8. The van der Waals surface area contributed by atoms with Crippen molar-refractivity contribution in [2.75, 3.05) is 24.7 Å². The number of carbonyl (C=O) groups excluding carboxylic acids is 1. The number of nitrogens with zero attached hydrogens (tertiary/aromatic N) is 3. The lowest BCUT2D eigenvalue weighted by Gasteiger charge is -2.09. The van der Waals surface area contributed by atoms with Gasteiger partial charge in [0, 0.05) is 42.0 Å². The molecule has 0 saturated carbocycles. The lowest BCUT2D eigenvalue weighted by atomic mass is 10.2. The molecule has 0 spiro atoms. The number of amides is 1. The maximum Gasteiger partial charge on any atom is 0.251 e. The number of hydrogen-bond acceptors (Lipinski definition) is 5. The fourth-order valence-electron chi connectivity index (χ4n) is 2.28. The standard InChI is InChI=1S/C18H19N5OS/c1-25-15-6-4-14(5-7-15)18(24)20-9-8-19-16-12-17(22-13-21-16)23-10-2-3-11-23/h2-7,10-13H,8-9H2,1H3,(H,20,24)(H,19,21,22). The zero-order valence-corrected chi connectivity index (χ0v) is 14.7. The number of anilines is 1. The number of hydrogen-bond donors (Lipinski definition) is 2. The molecule has 0 aliphatic carbocycles. The first-order valence-corrected chi connectivity index (χ1v) is 9.10. The third-order valence-corrected chi connectivity index (χ3v) is 4.33. The third kappa shape index (κ3) is 4.60. The molecule has 2 N–H and O–H groups in total. The Morgan fingerprint density at radius 2 is 1.88 bits per heavy atom. The van der Waals surface area contributed by atoms with Crippen LogP contribution in [0.2, 0.25) is 0 Å². The van der Waals surface area contributed by atoms with Gasteiger partial charge in [0.25, 0.3) is 5.91 Å². The minimum Gasteiger partial charge on any atom is -0.368 e. The normalized spacial score (nSPS) is 10.4. The lowest BCUT2D eigenvalue weighted by molar-refractivity contribution is 0.0955. The quantitative estimate of drug-likeness (QED) is 0.505. The highest BCUT2D eigenvalue weighted by molar-refractivity contribution is 7.98. The van der Waals surface area contributed by atoms with Crippen molar-refractivity contribution in [2.45, 2.75) is 4.90 Å². The van der Waals surface area contributed by atoms with E-state index in [0.717, 1.165) is 16.5 Å². The number of carbonyl (C=O) groups is 1. The molecule has 0 unspecified atom stereocenters. The molecule has 128 valence electrons. The molecule has 25 heavy (non-hydrogen) atoms. The zero-order chi connectivity index (χ0) is 17.5. The van der Waals surface area contributed by atoms with Crippen LogP contribution in [-0.2, 0) is 0 Å². The average Bonchev–Trinajstić information content (AvgIpc) is 3.20. The molecule has 0 atom stereocenters. The SMILES string of the molecule is CSc1ccc(C(=O)NCCNc2cc(-n3cccc3)ncn2)cc1. The van der Waals surface area contributed by atoms with Gasteiger partial charge in [-0.3, -0.25) is 4.79 Å². The molecule has 3 aromatic rings. The summed E-state index contributed by atoms with van der Waals surface area (Å²) in [4.78, 5) is 21.7. The fourth-order valence-corrected chi connectivity index (χ4v) is 2.69. The number of benzene rings is 1. The van der Waals surface area contributed by atoms with Gasteiger partial charge in [0.1, 0.15) is 18.0 Å². The summed E-state index contributed by atoms with van der Waals surface area (Å²) >= 11 is 1.65. The Kier molecular flexibility index (Phi) is 5.69. The van der Waals surface area contributed by atoms with Crippen LogP contribution in [0, 0.1) is 0 Å². The van der Waals surface area contributed by atoms with E-state index in [2.05, 4.69) is 20.6 Å².